The van der Waals surface area contributed by atoms with Gasteiger partial charge in [-0.3, -0.25) is 33.0 Å². The highest BCUT2D eigenvalue weighted by Gasteiger charge is 2.37. The summed E-state index contributed by atoms with van der Waals surface area (Å²) >= 11 is 0.976. The number of nitrogens with zero attached hydrogens (tertiary/aromatic N) is 1. The van der Waals surface area contributed by atoms with Crippen LogP contribution in [0.1, 0.15) is 52.8 Å². The fourth-order valence-electron chi connectivity index (χ4n) is 4.25. The summed E-state index contributed by atoms with van der Waals surface area (Å²) in [7, 11) is -3.87. The average Bonchev–Trinajstić information content (AvgIpc) is 3.36. The van der Waals surface area contributed by atoms with Gasteiger partial charge < -0.3 is 15.2 Å². The number of nitrogens with two attached hydrogens (primary N) is 1. The maximum atomic E-state index is 13.7. The summed E-state index contributed by atoms with van der Waals surface area (Å²) in [4.78, 5) is 50.9. The Bertz CT molecular complexity index is 1420. The van der Waals surface area contributed by atoms with E-state index in [0.29, 0.717) is 6.42 Å². The number of aromatic nitrogens is 2. The molecule has 0 radical (unpaired) electrons. The fraction of sp³-hybridized carbons (Fsp3) is 0.586. The van der Waals surface area contributed by atoms with E-state index in [1.165, 1.54) is 16.8 Å². The summed E-state index contributed by atoms with van der Waals surface area (Å²) in [6.07, 6.45) is 0.775. The molecule has 244 valence electrons. The van der Waals surface area contributed by atoms with E-state index >= 15 is 0 Å². The number of thioether (sulfide) groups is 1. The number of hydrogen-bond acceptors (Lipinski definition) is 11. The Morgan fingerprint density at radius 2 is 1.91 bits per heavy atom. The molecule has 13 nitrogen and oxygen atoms in total. The molecule has 0 bridgehead atoms. The number of carbonyl (C=O) groups excluding carboxylic acids is 2. The molecular weight excluding hydrogens is 611 g/mol. The van der Waals surface area contributed by atoms with Gasteiger partial charge >= 0.3 is 19.4 Å². The summed E-state index contributed by atoms with van der Waals surface area (Å²) < 4.78 is 37.8. The third-order valence-electron chi connectivity index (χ3n) is 7.02. The maximum absolute atomic E-state index is 13.7. The van der Waals surface area contributed by atoms with Gasteiger partial charge in [0, 0.05) is 30.5 Å². The molecule has 2 aromatic rings. The topological polar surface area (TPSA) is 181 Å². The van der Waals surface area contributed by atoms with Crippen LogP contribution in [0.15, 0.2) is 52.2 Å². The van der Waals surface area contributed by atoms with Crippen LogP contribution in [0.4, 0.5) is 0 Å². The van der Waals surface area contributed by atoms with Crippen molar-refractivity contribution in [3.8, 4) is 0 Å². The maximum Gasteiger partial charge on any atom is 0.405 e. The Labute approximate surface area is 261 Å². The largest absolute Gasteiger partial charge is 0.463 e. The molecule has 15 heteroatoms. The molecule has 1 aromatic heterocycles. The van der Waals surface area contributed by atoms with E-state index in [2.05, 4.69) is 10.1 Å². The first kappa shape index (κ1) is 35.9. The molecule has 1 saturated heterocycles. The van der Waals surface area contributed by atoms with E-state index in [1.807, 2.05) is 51.1 Å². The molecule has 1 aromatic carbocycles. The highest BCUT2D eigenvalue weighted by atomic mass is 32.2. The van der Waals surface area contributed by atoms with Crippen molar-refractivity contribution in [2.24, 2.45) is 23.0 Å². The van der Waals surface area contributed by atoms with Crippen LogP contribution >= 0.6 is 19.5 Å². The molecule has 0 aliphatic carbocycles. The van der Waals surface area contributed by atoms with Crippen LogP contribution < -0.4 is 22.1 Å². The number of H-pyrrole nitrogens is 1. The number of rotatable bonds is 16. The third kappa shape index (κ3) is 10.5. The predicted molar refractivity (Wildman–Crippen MR) is 167 cm³/mol. The third-order valence-corrected chi connectivity index (χ3v) is 9.77. The summed E-state index contributed by atoms with van der Waals surface area (Å²) in [5.74, 6) is -0.562. The first-order valence-electron chi connectivity index (χ1n) is 14.5. The fourth-order valence-corrected chi connectivity index (χ4v) is 6.51. The zero-order valence-electron chi connectivity index (χ0n) is 25.7. The van der Waals surface area contributed by atoms with Gasteiger partial charge in [-0.1, -0.05) is 62.9 Å². The normalized spacial score (nSPS) is 20.8. The van der Waals surface area contributed by atoms with E-state index in [-0.39, 0.29) is 49.1 Å². The standard InChI is InChI=1S/C29H43N4O9PS/c1-19(2)24(30)26(35)39-18-29(4,5)27(36)44-14-13-40-43(38,31-16-21-9-7-6-8-10-21)41-17-22-15-20(3)25(42-22)33-12-11-23(34)32-28(33)37/h6-12,19-20,22,24-25H,13-18,30H2,1-5H3,(H,31,38)(H,32,34,37). The number of hydrogen-bond donors (Lipinski definition) is 3. The molecule has 0 amide bonds. The van der Waals surface area contributed by atoms with Crippen LogP contribution in [0, 0.1) is 17.3 Å². The Morgan fingerprint density at radius 1 is 1.20 bits per heavy atom. The zero-order valence-corrected chi connectivity index (χ0v) is 27.4. The molecule has 1 aliphatic heterocycles. The molecular formula is C29H43N4O9PS. The van der Waals surface area contributed by atoms with Crippen LogP contribution in [-0.4, -0.2) is 58.4 Å². The average molecular weight is 655 g/mol. The van der Waals surface area contributed by atoms with Gasteiger partial charge in [-0.25, -0.2) is 14.4 Å². The Balaban J connectivity index is 1.56. The zero-order chi connectivity index (χ0) is 32.5. The van der Waals surface area contributed by atoms with Crippen molar-refractivity contribution in [2.75, 3.05) is 25.6 Å². The van der Waals surface area contributed by atoms with E-state index in [4.69, 9.17) is 24.3 Å². The quantitative estimate of drug-likeness (QED) is 0.137. The second-order valence-corrected chi connectivity index (χ2v) is 14.6. The second kappa shape index (κ2) is 16.1. The number of carbonyl (C=O) groups is 2. The molecule has 5 atom stereocenters. The van der Waals surface area contributed by atoms with Gasteiger partial charge in [0.25, 0.3) is 5.56 Å². The van der Waals surface area contributed by atoms with Gasteiger partial charge in [0.15, 0.2) is 5.12 Å². The van der Waals surface area contributed by atoms with Gasteiger partial charge in [0.1, 0.15) is 18.9 Å². The first-order chi connectivity index (χ1) is 20.7. The first-order valence-corrected chi connectivity index (χ1v) is 17.0. The van der Waals surface area contributed by atoms with Gasteiger partial charge in [-0.2, -0.15) is 0 Å². The van der Waals surface area contributed by atoms with E-state index < -0.39 is 48.8 Å². The molecule has 44 heavy (non-hydrogen) atoms. The minimum Gasteiger partial charge on any atom is -0.463 e. The van der Waals surface area contributed by atoms with Crippen LogP contribution in [0.3, 0.4) is 0 Å². The number of benzene rings is 1. The highest BCUT2D eigenvalue weighted by molar-refractivity contribution is 8.13. The highest BCUT2D eigenvalue weighted by Crippen LogP contribution is 2.46. The van der Waals surface area contributed by atoms with Crippen molar-refractivity contribution in [1.29, 1.82) is 0 Å². The molecule has 0 saturated carbocycles. The minimum absolute atomic E-state index is 0.0686. The van der Waals surface area contributed by atoms with Crippen molar-refractivity contribution in [1.82, 2.24) is 14.6 Å². The Kier molecular flexibility index (Phi) is 13.2. The van der Waals surface area contributed by atoms with Crippen molar-refractivity contribution in [2.45, 2.75) is 66.0 Å². The van der Waals surface area contributed by atoms with Crippen molar-refractivity contribution >= 4 is 30.6 Å². The van der Waals surface area contributed by atoms with Crippen molar-refractivity contribution < 1.29 is 32.7 Å². The molecule has 1 fully saturated rings. The van der Waals surface area contributed by atoms with Crippen LogP contribution in [0.5, 0.6) is 0 Å². The van der Waals surface area contributed by atoms with Crippen LogP contribution in [0.2, 0.25) is 0 Å². The van der Waals surface area contributed by atoms with E-state index in [0.717, 1.165) is 17.3 Å². The monoisotopic (exact) mass is 654 g/mol. The van der Waals surface area contributed by atoms with Crippen molar-refractivity contribution in [3.63, 3.8) is 0 Å². The summed E-state index contributed by atoms with van der Waals surface area (Å²) in [6, 6.07) is 9.79. The molecule has 5 unspecified atom stereocenters. The smallest absolute Gasteiger partial charge is 0.405 e. The van der Waals surface area contributed by atoms with Crippen molar-refractivity contribution in [3.05, 3.63) is 69.0 Å². The lowest BCUT2D eigenvalue weighted by molar-refractivity contribution is -0.150. The molecule has 3 rings (SSSR count). The summed E-state index contributed by atoms with van der Waals surface area (Å²) in [5, 5.41) is 2.65. The van der Waals surface area contributed by atoms with Gasteiger partial charge in [0.05, 0.1) is 24.7 Å². The second-order valence-electron chi connectivity index (χ2n) is 11.7. The van der Waals surface area contributed by atoms with Crippen LogP contribution in [0.25, 0.3) is 0 Å². The molecule has 2 heterocycles. The SMILES string of the molecule is CC(C)C(N)C(=O)OCC(C)(C)C(=O)SCCOP(=O)(NCc1ccccc1)OCC1CC(C)C(n2ccc(=O)[nH]c2=O)O1. The van der Waals surface area contributed by atoms with Crippen LogP contribution in [-0.2, 0) is 39.2 Å². The minimum atomic E-state index is -3.87. The lowest BCUT2D eigenvalue weighted by Gasteiger charge is -2.24. The van der Waals surface area contributed by atoms with E-state index in [9.17, 15) is 23.7 Å². The number of nitrogens with one attached hydrogen (secondary N) is 2. The lowest BCUT2D eigenvalue weighted by atomic mass is 9.97. The number of ether oxygens (including phenoxy) is 2. The molecule has 4 N–H and O–H groups in total. The Morgan fingerprint density at radius 3 is 2.57 bits per heavy atom. The predicted octanol–water partition coefficient (Wildman–Crippen LogP) is 3.20. The summed E-state index contributed by atoms with van der Waals surface area (Å²) in [5.41, 5.74) is 4.63. The lowest BCUT2D eigenvalue weighted by Crippen LogP contribution is -2.39. The van der Waals surface area contributed by atoms with Gasteiger partial charge in [0.2, 0.25) is 0 Å². The number of aromatic amines is 1. The van der Waals surface area contributed by atoms with Gasteiger partial charge in [-0.15, -0.1) is 0 Å². The molecule has 0 spiro atoms. The van der Waals surface area contributed by atoms with E-state index in [1.54, 1.807) is 13.8 Å². The van der Waals surface area contributed by atoms with Gasteiger partial charge in [-0.05, 0) is 31.7 Å². The Hall–Kier alpha value is -2.58. The molecule has 1 aliphatic rings. The number of esters is 1. The summed E-state index contributed by atoms with van der Waals surface area (Å²) in [6.45, 7) is 8.80.